The van der Waals surface area contributed by atoms with Gasteiger partial charge in [-0.3, -0.25) is 4.79 Å². The van der Waals surface area contributed by atoms with Crippen molar-refractivity contribution in [3.63, 3.8) is 0 Å². The van der Waals surface area contributed by atoms with E-state index in [0.29, 0.717) is 12.3 Å². The molecule has 0 fully saturated rings. The van der Waals surface area contributed by atoms with E-state index in [2.05, 4.69) is 5.32 Å². The van der Waals surface area contributed by atoms with Crippen LogP contribution in [0.4, 0.5) is 0 Å². The van der Waals surface area contributed by atoms with Gasteiger partial charge >= 0.3 is 0 Å². The lowest BCUT2D eigenvalue weighted by molar-refractivity contribution is -0.699. The molecule has 0 saturated carbocycles. The number of nitrogens with one attached hydrogen (secondary N) is 1. The zero-order chi connectivity index (χ0) is 13.5. The Balaban J connectivity index is 2.69. The van der Waals surface area contributed by atoms with E-state index < -0.39 is 0 Å². The minimum atomic E-state index is -0.178. The van der Waals surface area contributed by atoms with Crippen LogP contribution in [-0.4, -0.2) is 24.2 Å². The lowest BCUT2D eigenvalue weighted by Gasteiger charge is -2.09. The molecule has 0 aromatic carbocycles. The summed E-state index contributed by atoms with van der Waals surface area (Å²) in [5.74, 6) is 0.244. The topological polar surface area (TPSA) is 62.4 Å². The molecule has 0 spiro atoms. The third-order valence-electron chi connectivity index (χ3n) is 2.66. The molecule has 0 aliphatic carbocycles. The smallest absolute Gasteiger partial charge is 0.257 e. The van der Waals surface area contributed by atoms with E-state index >= 15 is 0 Å². The summed E-state index contributed by atoms with van der Waals surface area (Å²) in [5, 5.41) is 12.4. The van der Waals surface area contributed by atoms with E-state index in [-0.39, 0.29) is 18.3 Å². The fourth-order valence-electron chi connectivity index (χ4n) is 1.64. The molecule has 2 N–H and O–H groups in total. The van der Waals surface area contributed by atoms with Crippen LogP contribution in [0.1, 0.15) is 26.0 Å². The molecule has 5 heteroatoms. The first-order valence-corrected chi connectivity index (χ1v) is 6.21. The van der Waals surface area contributed by atoms with Gasteiger partial charge in [0.05, 0.1) is 0 Å². The highest BCUT2D eigenvalue weighted by atomic mass is 16.5. The van der Waals surface area contributed by atoms with Crippen LogP contribution in [0, 0.1) is 6.92 Å². The summed E-state index contributed by atoms with van der Waals surface area (Å²) >= 11 is 0. The van der Waals surface area contributed by atoms with Crippen molar-refractivity contribution in [1.29, 1.82) is 0 Å². The monoisotopic (exact) mass is 253 g/mol. The Morgan fingerprint density at radius 3 is 2.83 bits per heavy atom. The molecule has 0 bridgehead atoms. The molecule has 100 valence electrons. The van der Waals surface area contributed by atoms with Crippen molar-refractivity contribution >= 4 is 5.91 Å². The minimum absolute atomic E-state index is 0.0560. The molecule has 1 heterocycles. The maximum atomic E-state index is 11.4. The first-order chi connectivity index (χ1) is 8.60. The number of aromatic hydroxyl groups is 1. The number of carbonyl (C=O) groups excluding carboxylic acids is 1. The van der Waals surface area contributed by atoms with Crippen molar-refractivity contribution in [1.82, 2.24) is 5.32 Å². The maximum Gasteiger partial charge on any atom is 0.257 e. The number of aryl methyl sites for hydroxylation is 1. The Morgan fingerprint density at radius 2 is 2.22 bits per heavy atom. The van der Waals surface area contributed by atoms with Gasteiger partial charge in [-0.25, -0.2) is 0 Å². The molecule has 5 nitrogen and oxygen atoms in total. The zero-order valence-corrected chi connectivity index (χ0v) is 11.2. The first kappa shape index (κ1) is 14.3. The van der Waals surface area contributed by atoms with Crippen molar-refractivity contribution in [3.8, 4) is 11.5 Å². The Kier molecular flexibility index (Phi) is 5.42. The maximum absolute atomic E-state index is 11.4. The number of hydrogen-bond donors (Lipinski definition) is 2. The van der Waals surface area contributed by atoms with Gasteiger partial charge in [0, 0.05) is 19.5 Å². The number of carbonyl (C=O) groups is 1. The second-order valence-electron chi connectivity index (χ2n) is 4.04. The summed E-state index contributed by atoms with van der Waals surface area (Å²) < 4.78 is 7.33. The van der Waals surface area contributed by atoms with Gasteiger partial charge in [0.25, 0.3) is 5.91 Å². The van der Waals surface area contributed by atoms with Crippen molar-refractivity contribution in [2.75, 3.05) is 13.2 Å². The molecular weight excluding hydrogens is 232 g/mol. The van der Waals surface area contributed by atoms with Crippen molar-refractivity contribution < 1.29 is 19.2 Å². The van der Waals surface area contributed by atoms with Crippen molar-refractivity contribution in [3.05, 3.63) is 18.0 Å². The Hall–Kier alpha value is -1.78. The highest BCUT2D eigenvalue weighted by Crippen LogP contribution is 2.26. The van der Waals surface area contributed by atoms with Crippen LogP contribution in [-0.2, 0) is 11.3 Å². The van der Waals surface area contributed by atoms with Gasteiger partial charge in [0.2, 0.25) is 11.4 Å². The molecule has 1 rings (SSSR count). The SMILES string of the molecule is CCCNC(=O)COc1c(O)cc[n+](CC)c1C. The Labute approximate surface area is 107 Å². The van der Waals surface area contributed by atoms with Crippen LogP contribution in [0.5, 0.6) is 11.5 Å². The van der Waals surface area contributed by atoms with E-state index in [9.17, 15) is 9.90 Å². The lowest BCUT2D eigenvalue weighted by Crippen LogP contribution is -2.36. The van der Waals surface area contributed by atoms with E-state index in [1.807, 2.05) is 25.3 Å². The van der Waals surface area contributed by atoms with Gasteiger partial charge in [-0.1, -0.05) is 6.92 Å². The van der Waals surface area contributed by atoms with E-state index in [4.69, 9.17) is 4.74 Å². The molecule has 18 heavy (non-hydrogen) atoms. The molecule has 0 aliphatic rings. The molecule has 0 aliphatic heterocycles. The number of pyridine rings is 1. The number of ether oxygens (including phenoxy) is 1. The fraction of sp³-hybridized carbons (Fsp3) is 0.538. The van der Waals surface area contributed by atoms with Crippen LogP contribution in [0.2, 0.25) is 0 Å². The van der Waals surface area contributed by atoms with Crippen LogP contribution in [0.25, 0.3) is 0 Å². The van der Waals surface area contributed by atoms with Crippen LogP contribution < -0.4 is 14.6 Å². The summed E-state index contributed by atoms with van der Waals surface area (Å²) in [6, 6.07) is 1.57. The number of aromatic nitrogens is 1. The number of hydrogen-bond acceptors (Lipinski definition) is 3. The van der Waals surface area contributed by atoms with E-state index in [1.165, 1.54) is 0 Å². The predicted octanol–water partition coefficient (Wildman–Crippen LogP) is 0.913. The highest BCUT2D eigenvalue weighted by Gasteiger charge is 2.17. The van der Waals surface area contributed by atoms with Crippen molar-refractivity contribution in [2.45, 2.75) is 33.7 Å². The summed E-state index contributed by atoms with van der Waals surface area (Å²) in [7, 11) is 0. The average Bonchev–Trinajstić information content (AvgIpc) is 2.36. The predicted molar refractivity (Wildman–Crippen MR) is 67.5 cm³/mol. The second kappa shape index (κ2) is 6.83. The highest BCUT2D eigenvalue weighted by molar-refractivity contribution is 5.77. The van der Waals surface area contributed by atoms with Crippen LogP contribution in [0.15, 0.2) is 12.3 Å². The van der Waals surface area contributed by atoms with Gasteiger partial charge in [-0.2, -0.15) is 4.57 Å². The van der Waals surface area contributed by atoms with Gasteiger partial charge < -0.3 is 15.2 Å². The van der Waals surface area contributed by atoms with Gasteiger partial charge in [-0.15, -0.1) is 0 Å². The summed E-state index contributed by atoms with van der Waals surface area (Å²) in [6.45, 7) is 7.17. The molecule has 1 aromatic rings. The number of nitrogens with zero attached hydrogens (tertiary/aromatic N) is 1. The quantitative estimate of drug-likeness (QED) is 0.741. The summed E-state index contributed by atoms with van der Waals surface area (Å²) in [4.78, 5) is 11.4. The lowest BCUT2D eigenvalue weighted by atomic mass is 10.3. The molecular formula is C13H21N2O3+. The third-order valence-corrected chi connectivity index (χ3v) is 2.66. The molecule has 0 unspecified atom stereocenters. The zero-order valence-electron chi connectivity index (χ0n) is 11.2. The molecule has 1 amide bonds. The first-order valence-electron chi connectivity index (χ1n) is 6.21. The van der Waals surface area contributed by atoms with E-state index in [1.54, 1.807) is 12.3 Å². The van der Waals surface area contributed by atoms with Crippen LogP contribution >= 0.6 is 0 Å². The largest absolute Gasteiger partial charge is 0.504 e. The standard InChI is InChI=1S/C13H20N2O3/c1-4-7-14-12(17)9-18-13-10(3)15(5-2)8-6-11(13)16/h6,8H,4-5,7,9H2,1-3H3,(H,14,17)/p+1. The minimum Gasteiger partial charge on any atom is -0.504 e. The van der Waals surface area contributed by atoms with Gasteiger partial charge in [0.15, 0.2) is 18.6 Å². The number of amides is 1. The Morgan fingerprint density at radius 1 is 1.50 bits per heavy atom. The van der Waals surface area contributed by atoms with Crippen molar-refractivity contribution in [2.24, 2.45) is 0 Å². The fourth-order valence-corrected chi connectivity index (χ4v) is 1.64. The molecule has 0 atom stereocenters. The molecule has 0 radical (unpaired) electrons. The average molecular weight is 253 g/mol. The van der Waals surface area contributed by atoms with E-state index in [0.717, 1.165) is 18.7 Å². The Bertz CT molecular complexity index is 419. The van der Waals surface area contributed by atoms with Crippen LogP contribution in [0.3, 0.4) is 0 Å². The van der Waals surface area contributed by atoms with Gasteiger partial charge in [-0.05, 0) is 13.3 Å². The third kappa shape index (κ3) is 3.61. The molecule has 1 aromatic heterocycles. The second-order valence-corrected chi connectivity index (χ2v) is 4.04. The normalized spacial score (nSPS) is 10.2. The van der Waals surface area contributed by atoms with Gasteiger partial charge in [0.1, 0.15) is 6.54 Å². The summed E-state index contributed by atoms with van der Waals surface area (Å²) in [5.41, 5.74) is 0.806. The molecule has 0 saturated heterocycles. The summed E-state index contributed by atoms with van der Waals surface area (Å²) in [6.07, 6.45) is 2.67. The number of rotatable bonds is 6.